The summed E-state index contributed by atoms with van der Waals surface area (Å²) >= 11 is 1.70. The number of amides is 2. The minimum absolute atomic E-state index is 0.0647. The van der Waals surface area contributed by atoms with Gasteiger partial charge in [0.25, 0.3) is 5.91 Å². The van der Waals surface area contributed by atoms with Crippen molar-refractivity contribution in [2.24, 2.45) is 5.92 Å². The fourth-order valence-corrected chi connectivity index (χ4v) is 4.97. The maximum atomic E-state index is 13.5. The average molecular weight is 475 g/mol. The maximum Gasteiger partial charge on any atom is 0.272 e. The SMILES string of the molecule is O=C(NCCc1cccs1)C1CCN(C(=O)c2cc(-c3ccco3)nn2-c2ccccc2)CC1. The van der Waals surface area contributed by atoms with Gasteiger partial charge >= 0.3 is 0 Å². The summed E-state index contributed by atoms with van der Waals surface area (Å²) in [6.07, 6.45) is 3.75. The third-order valence-corrected chi connectivity index (χ3v) is 7.04. The van der Waals surface area contributed by atoms with Crippen LogP contribution in [0.3, 0.4) is 0 Å². The number of benzene rings is 1. The van der Waals surface area contributed by atoms with E-state index in [-0.39, 0.29) is 17.7 Å². The van der Waals surface area contributed by atoms with E-state index in [0.717, 1.165) is 12.1 Å². The quantitative estimate of drug-likeness (QED) is 0.430. The molecule has 1 saturated heterocycles. The van der Waals surface area contributed by atoms with Gasteiger partial charge in [0.15, 0.2) is 5.76 Å². The molecule has 0 spiro atoms. The van der Waals surface area contributed by atoms with Crippen molar-refractivity contribution in [3.8, 4) is 17.1 Å². The van der Waals surface area contributed by atoms with E-state index in [1.807, 2.05) is 52.7 Å². The second-order valence-electron chi connectivity index (χ2n) is 8.33. The van der Waals surface area contributed by atoms with Crippen LogP contribution in [-0.4, -0.2) is 46.1 Å². The van der Waals surface area contributed by atoms with Gasteiger partial charge < -0.3 is 14.6 Å². The molecule has 0 saturated carbocycles. The van der Waals surface area contributed by atoms with Crippen molar-refractivity contribution >= 4 is 23.2 Å². The number of carbonyl (C=O) groups is 2. The molecule has 0 aliphatic carbocycles. The van der Waals surface area contributed by atoms with Crippen molar-refractivity contribution < 1.29 is 14.0 Å². The number of hydrogen-bond acceptors (Lipinski definition) is 5. The highest BCUT2D eigenvalue weighted by molar-refractivity contribution is 7.09. The van der Waals surface area contributed by atoms with Crippen molar-refractivity contribution in [1.29, 1.82) is 0 Å². The van der Waals surface area contributed by atoms with Gasteiger partial charge in [0.1, 0.15) is 11.4 Å². The van der Waals surface area contributed by atoms with Gasteiger partial charge in [-0.15, -0.1) is 11.3 Å². The Morgan fingerprint density at radius 1 is 1.06 bits per heavy atom. The molecule has 0 unspecified atom stereocenters. The summed E-state index contributed by atoms with van der Waals surface area (Å²) in [5, 5.41) is 9.75. The Bertz CT molecular complexity index is 1220. The molecule has 7 nitrogen and oxygen atoms in total. The molecule has 1 aliphatic heterocycles. The van der Waals surface area contributed by atoms with E-state index in [1.165, 1.54) is 4.88 Å². The fraction of sp³-hybridized carbons (Fsp3) is 0.269. The summed E-state index contributed by atoms with van der Waals surface area (Å²) in [4.78, 5) is 29.2. The molecule has 1 fully saturated rings. The molecule has 2 amide bonds. The molecule has 0 atom stereocenters. The number of hydrogen-bond donors (Lipinski definition) is 1. The summed E-state index contributed by atoms with van der Waals surface area (Å²) in [7, 11) is 0. The van der Waals surface area contributed by atoms with Crippen LogP contribution in [0.1, 0.15) is 28.2 Å². The zero-order chi connectivity index (χ0) is 23.3. The van der Waals surface area contributed by atoms with Gasteiger partial charge in [-0.05, 0) is 55.0 Å². The third-order valence-electron chi connectivity index (χ3n) is 6.11. The van der Waals surface area contributed by atoms with Crippen molar-refractivity contribution in [2.75, 3.05) is 19.6 Å². The van der Waals surface area contributed by atoms with Crippen molar-refractivity contribution in [3.63, 3.8) is 0 Å². The van der Waals surface area contributed by atoms with E-state index >= 15 is 0 Å². The number of likely N-dealkylation sites (tertiary alicyclic amines) is 1. The van der Waals surface area contributed by atoms with Crippen LogP contribution in [0.15, 0.2) is 76.7 Å². The molecule has 5 rings (SSSR count). The second kappa shape index (κ2) is 10.1. The number of nitrogens with zero attached hydrogens (tertiary/aromatic N) is 3. The number of thiophene rings is 1. The third kappa shape index (κ3) is 4.82. The Hall–Kier alpha value is -3.65. The van der Waals surface area contributed by atoms with E-state index in [0.29, 0.717) is 49.6 Å². The van der Waals surface area contributed by atoms with E-state index in [1.54, 1.807) is 34.4 Å². The predicted molar refractivity (Wildman–Crippen MR) is 131 cm³/mol. The summed E-state index contributed by atoms with van der Waals surface area (Å²) in [5.41, 5.74) is 1.90. The monoisotopic (exact) mass is 474 g/mol. The zero-order valence-corrected chi connectivity index (χ0v) is 19.5. The Labute approximate surface area is 202 Å². The standard InChI is InChI=1S/C26H26N4O3S/c31-25(27-13-10-21-8-5-17-34-21)19-11-14-29(15-12-19)26(32)23-18-22(24-9-4-16-33-24)28-30(23)20-6-2-1-3-7-20/h1-9,16-19H,10-15H2,(H,27,31). The van der Waals surface area contributed by atoms with E-state index in [9.17, 15) is 9.59 Å². The highest BCUT2D eigenvalue weighted by atomic mass is 32.1. The fourth-order valence-electron chi connectivity index (χ4n) is 4.26. The molecule has 4 aromatic rings. The molecule has 0 bridgehead atoms. The molecule has 4 heterocycles. The number of rotatable bonds is 7. The van der Waals surface area contributed by atoms with Crippen LogP contribution in [0.2, 0.25) is 0 Å². The Balaban J connectivity index is 1.25. The average Bonchev–Trinajstić information content (AvgIpc) is 3.66. The summed E-state index contributed by atoms with van der Waals surface area (Å²) in [5.74, 6) is 0.538. The molecule has 34 heavy (non-hydrogen) atoms. The van der Waals surface area contributed by atoms with Crippen LogP contribution in [0.5, 0.6) is 0 Å². The number of carbonyl (C=O) groups excluding carboxylic acids is 2. The molecule has 174 valence electrons. The van der Waals surface area contributed by atoms with E-state index < -0.39 is 0 Å². The maximum absolute atomic E-state index is 13.5. The lowest BCUT2D eigenvalue weighted by molar-refractivity contribution is -0.126. The Morgan fingerprint density at radius 2 is 1.88 bits per heavy atom. The van der Waals surface area contributed by atoms with E-state index in [2.05, 4.69) is 16.5 Å². The van der Waals surface area contributed by atoms with Gasteiger partial charge in [-0.1, -0.05) is 24.3 Å². The van der Waals surface area contributed by atoms with Crippen LogP contribution in [0.4, 0.5) is 0 Å². The van der Waals surface area contributed by atoms with Gasteiger partial charge in [-0.25, -0.2) is 4.68 Å². The number of nitrogens with one attached hydrogen (secondary N) is 1. The molecule has 3 aromatic heterocycles. The Morgan fingerprint density at radius 3 is 2.59 bits per heavy atom. The topological polar surface area (TPSA) is 80.4 Å². The largest absolute Gasteiger partial charge is 0.463 e. The van der Waals surface area contributed by atoms with Gasteiger partial charge in [0.05, 0.1) is 12.0 Å². The van der Waals surface area contributed by atoms with Crippen LogP contribution < -0.4 is 5.32 Å². The summed E-state index contributed by atoms with van der Waals surface area (Å²) in [6, 6.07) is 19.1. The number of furan rings is 1. The smallest absolute Gasteiger partial charge is 0.272 e. The lowest BCUT2D eigenvalue weighted by Crippen LogP contribution is -2.43. The van der Waals surface area contributed by atoms with Crippen molar-refractivity contribution in [3.05, 3.63) is 82.9 Å². The molecule has 0 radical (unpaired) electrons. The first-order chi connectivity index (χ1) is 16.7. The van der Waals surface area contributed by atoms with Gasteiger partial charge in [-0.3, -0.25) is 9.59 Å². The van der Waals surface area contributed by atoms with Gasteiger partial charge in [0.2, 0.25) is 5.91 Å². The Kier molecular flexibility index (Phi) is 6.58. The zero-order valence-electron chi connectivity index (χ0n) is 18.7. The van der Waals surface area contributed by atoms with Gasteiger partial charge in [0, 0.05) is 36.5 Å². The van der Waals surface area contributed by atoms with Crippen LogP contribution >= 0.6 is 11.3 Å². The van der Waals surface area contributed by atoms with Crippen molar-refractivity contribution in [2.45, 2.75) is 19.3 Å². The number of piperidine rings is 1. The molecular weight excluding hydrogens is 448 g/mol. The highest BCUT2D eigenvalue weighted by Gasteiger charge is 2.30. The van der Waals surface area contributed by atoms with Gasteiger partial charge in [-0.2, -0.15) is 5.10 Å². The molecule has 1 N–H and O–H groups in total. The summed E-state index contributed by atoms with van der Waals surface area (Å²) in [6.45, 7) is 1.72. The molecule has 8 heteroatoms. The first-order valence-electron chi connectivity index (χ1n) is 11.5. The lowest BCUT2D eigenvalue weighted by Gasteiger charge is -2.31. The van der Waals surface area contributed by atoms with E-state index in [4.69, 9.17) is 4.42 Å². The van der Waals surface area contributed by atoms with Crippen LogP contribution in [0.25, 0.3) is 17.1 Å². The first kappa shape index (κ1) is 22.2. The molecule has 1 aromatic carbocycles. The molecule has 1 aliphatic rings. The minimum Gasteiger partial charge on any atom is -0.463 e. The van der Waals surface area contributed by atoms with Crippen molar-refractivity contribution in [1.82, 2.24) is 20.0 Å². The first-order valence-corrected chi connectivity index (χ1v) is 12.4. The number of para-hydroxylation sites is 1. The predicted octanol–water partition coefficient (Wildman–Crippen LogP) is 4.40. The lowest BCUT2D eigenvalue weighted by atomic mass is 9.95. The minimum atomic E-state index is -0.0919. The number of aromatic nitrogens is 2. The summed E-state index contributed by atoms with van der Waals surface area (Å²) < 4.78 is 7.17. The molecular formula is C26H26N4O3S. The van der Waals surface area contributed by atoms with Crippen LogP contribution in [-0.2, 0) is 11.2 Å². The highest BCUT2D eigenvalue weighted by Crippen LogP contribution is 2.25. The normalized spacial score (nSPS) is 14.3. The second-order valence-corrected chi connectivity index (χ2v) is 9.36. The van der Waals surface area contributed by atoms with Crippen LogP contribution in [0, 0.1) is 5.92 Å².